The summed E-state index contributed by atoms with van der Waals surface area (Å²) < 4.78 is 35.3. The lowest BCUT2D eigenvalue weighted by molar-refractivity contribution is 0.318. The minimum absolute atomic E-state index is 0.0189. The normalized spacial score (nSPS) is 11.4. The maximum Gasteiger partial charge on any atom is 0.170 e. The molecule has 288 valence electrons. The van der Waals surface area contributed by atoms with Crippen LogP contribution in [-0.4, -0.2) is 39.8 Å². The van der Waals surface area contributed by atoms with E-state index in [9.17, 15) is 25.0 Å². The fraction of sp³-hybridized carbons (Fsp3) is 0.174. The summed E-state index contributed by atoms with van der Waals surface area (Å²) in [6.45, 7) is 6.20. The van der Waals surface area contributed by atoms with Crippen LogP contribution in [0, 0.1) is 18.6 Å². The number of phenols is 2. The van der Waals surface area contributed by atoms with Crippen LogP contribution in [0.1, 0.15) is 54.5 Å². The van der Waals surface area contributed by atoms with Gasteiger partial charge in [-0.25, -0.2) is 8.78 Å². The van der Waals surface area contributed by atoms with Crippen molar-refractivity contribution < 1.29 is 34.1 Å². The number of hydrogen-bond acceptors (Lipinski definition) is 7. The predicted molar refractivity (Wildman–Crippen MR) is 219 cm³/mol. The Morgan fingerprint density at radius 3 is 1.82 bits per heavy atom. The molecule has 0 bridgehead atoms. The molecule has 56 heavy (non-hydrogen) atoms. The number of phenolic OH excluding ortho intramolecular Hbond substituents is 2. The van der Waals surface area contributed by atoms with Crippen LogP contribution in [0.5, 0.6) is 17.2 Å². The molecule has 0 radical (unpaired) electrons. The van der Waals surface area contributed by atoms with Gasteiger partial charge in [0.15, 0.2) is 5.84 Å². The third-order valence-electron chi connectivity index (χ3n) is 9.49. The summed E-state index contributed by atoms with van der Waals surface area (Å²) in [5.74, 6) is -0.732. The Labute approximate surface area is 325 Å². The van der Waals surface area contributed by atoms with Crippen molar-refractivity contribution in [1.82, 2.24) is 0 Å². The lowest BCUT2D eigenvalue weighted by Gasteiger charge is -2.20. The highest BCUT2D eigenvalue weighted by atomic mass is 19.1. The summed E-state index contributed by atoms with van der Waals surface area (Å²) in [5, 5.41) is 44.3. The number of nitrogens with two attached hydrogens (primary N) is 1. The first kappa shape index (κ1) is 40.5. The van der Waals surface area contributed by atoms with Gasteiger partial charge >= 0.3 is 0 Å². The molecule has 0 aromatic heterocycles. The first-order valence-corrected chi connectivity index (χ1v) is 18.2. The van der Waals surface area contributed by atoms with Crippen molar-refractivity contribution in [2.75, 3.05) is 7.11 Å². The van der Waals surface area contributed by atoms with Crippen molar-refractivity contribution in [2.45, 2.75) is 46.5 Å². The fourth-order valence-electron chi connectivity index (χ4n) is 6.93. The number of benzene rings is 6. The highest BCUT2D eigenvalue weighted by molar-refractivity contribution is 6.08. The number of rotatable bonds is 11. The first-order valence-electron chi connectivity index (χ1n) is 18.2. The van der Waals surface area contributed by atoms with Gasteiger partial charge in [-0.2, -0.15) is 0 Å². The van der Waals surface area contributed by atoms with Gasteiger partial charge in [0.05, 0.1) is 13.3 Å². The van der Waals surface area contributed by atoms with Gasteiger partial charge in [-0.15, -0.1) is 0 Å². The molecule has 10 heteroatoms. The molecule has 0 aliphatic heterocycles. The van der Waals surface area contributed by atoms with E-state index in [1.807, 2.05) is 37.3 Å². The molecule has 0 saturated heterocycles. The standard InChI is InChI=1S/C23H22F2N2O3.C23H23NO2/c1-3-4-14-11-18(23(26)27-29)21(17-12-15(24)7-10-19(17)30-2)20(22(14)25)13-5-8-16(28)9-6-13;1-3-7-19-14-20(15-24-26)23(17-8-5-4-6-9-17)22(16(19)2)18-10-12-21(25)13-11-18/h5-12,28-29H,3-4H2,1-2H3,(H2,26,27);4-6,8-15,25-26H,3,7H2,1-2H3. The average Bonchev–Trinajstić information content (AvgIpc) is 3.21. The van der Waals surface area contributed by atoms with Gasteiger partial charge < -0.3 is 31.1 Å². The van der Waals surface area contributed by atoms with Gasteiger partial charge in [0.25, 0.3) is 0 Å². The molecule has 0 unspecified atom stereocenters. The van der Waals surface area contributed by atoms with E-state index in [-0.39, 0.29) is 39.6 Å². The van der Waals surface area contributed by atoms with E-state index in [0.29, 0.717) is 29.7 Å². The zero-order chi connectivity index (χ0) is 40.4. The van der Waals surface area contributed by atoms with Crippen LogP contribution in [-0.2, 0) is 12.8 Å². The number of oxime groups is 2. The molecule has 0 fully saturated rings. The SMILES string of the molecule is CCCc1cc(C(N)=NO)c(-c2cc(F)ccc2OC)c(-c2ccc(O)cc2)c1F.CCCc1cc(C=NO)c(-c2ccccc2)c(-c2ccc(O)cc2)c1C. The quantitative estimate of drug-likeness (QED) is 0.0386. The van der Waals surface area contributed by atoms with Crippen molar-refractivity contribution in [1.29, 1.82) is 0 Å². The second-order valence-corrected chi connectivity index (χ2v) is 13.2. The van der Waals surface area contributed by atoms with Gasteiger partial charge in [0.1, 0.15) is 28.9 Å². The zero-order valence-corrected chi connectivity index (χ0v) is 31.7. The summed E-state index contributed by atoms with van der Waals surface area (Å²) >= 11 is 0. The van der Waals surface area contributed by atoms with Gasteiger partial charge in [-0.1, -0.05) is 91.6 Å². The van der Waals surface area contributed by atoms with Gasteiger partial charge in [-0.3, -0.25) is 0 Å². The zero-order valence-electron chi connectivity index (χ0n) is 31.7. The van der Waals surface area contributed by atoms with Gasteiger partial charge in [0.2, 0.25) is 0 Å². The summed E-state index contributed by atoms with van der Waals surface area (Å²) in [4.78, 5) is 0. The maximum absolute atomic E-state index is 15.7. The second kappa shape index (κ2) is 18.6. The van der Waals surface area contributed by atoms with E-state index in [4.69, 9.17) is 10.5 Å². The van der Waals surface area contributed by atoms with Crippen LogP contribution in [0.3, 0.4) is 0 Å². The summed E-state index contributed by atoms with van der Waals surface area (Å²) in [5.41, 5.74) is 15.2. The molecular formula is C46H45F2N3O5. The Morgan fingerprint density at radius 2 is 1.27 bits per heavy atom. The minimum atomic E-state index is -0.550. The lowest BCUT2D eigenvalue weighted by Crippen LogP contribution is -2.17. The number of halogens is 2. The second-order valence-electron chi connectivity index (χ2n) is 13.2. The molecule has 6 N–H and O–H groups in total. The molecule has 8 nitrogen and oxygen atoms in total. The first-order chi connectivity index (χ1) is 27.1. The van der Waals surface area contributed by atoms with Crippen molar-refractivity contribution in [2.24, 2.45) is 16.0 Å². The molecule has 6 aromatic carbocycles. The molecule has 0 aliphatic rings. The van der Waals surface area contributed by atoms with Crippen LogP contribution in [0.2, 0.25) is 0 Å². The highest BCUT2D eigenvalue weighted by Crippen LogP contribution is 2.44. The molecule has 0 amide bonds. The molecule has 0 atom stereocenters. The summed E-state index contributed by atoms with van der Waals surface area (Å²) in [6.07, 6.45) is 4.59. The average molecular weight is 758 g/mol. The third kappa shape index (κ3) is 8.81. The minimum Gasteiger partial charge on any atom is -0.508 e. The van der Waals surface area contributed by atoms with Crippen molar-refractivity contribution >= 4 is 12.1 Å². The van der Waals surface area contributed by atoms with Crippen molar-refractivity contribution in [3.05, 3.63) is 149 Å². The van der Waals surface area contributed by atoms with E-state index >= 15 is 4.39 Å². The van der Waals surface area contributed by atoms with E-state index < -0.39 is 11.6 Å². The molecule has 0 heterocycles. The highest BCUT2D eigenvalue weighted by Gasteiger charge is 2.25. The molecule has 0 aliphatic carbocycles. The number of amidine groups is 1. The van der Waals surface area contributed by atoms with Gasteiger partial charge in [0, 0.05) is 27.8 Å². The number of methoxy groups -OCH3 is 1. The maximum atomic E-state index is 15.7. The number of hydrogen-bond donors (Lipinski definition) is 5. The molecule has 0 spiro atoms. The smallest absolute Gasteiger partial charge is 0.170 e. The topological polar surface area (TPSA) is 141 Å². The van der Waals surface area contributed by atoms with Gasteiger partial charge in [-0.05, 0) is 119 Å². The van der Waals surface area contributed by atoms with Crippen LogP contribution in [0.25, 0.3) is 44.5 Å². The summed E-state index contributed by atoms with van der Waals surface area (Å²) in [7, 11) is 1.42. The Bertz CT molecular complexity index is 2340. The Morgan fingerprint density at radius 1 is 0.696 bits per heavy atom. The van der Waals surface area contributed by atoms with E-state index in [1.54, 1.807) is 24.3 Å². The fourth-order valence-corrected chi connectivity index (χ4v) is 6.93. The number of nitrogens with zero attached hydrogens (tertiary/aromatic N) is 2. The Hall–Kier alpha value is -6.68. The summed E-state index contributed by atoms with van der Waals surface area (Å²) in [6, 6.07) is 30.8. The van der Waals surface area contributed by atoms with E-state index in [0.717, 1.165) is 40.7 Å². The molecular weight excluding hydrogens is 713 g/mol. The van der Waals surface area contributed by atoms with Crippen LogP contribution in [0.15, 0.2) is 120 Å². The lowest BCUT2D eigenvalue weighted by atomic mass is 9.84. The van der Waals surface area contributed by atoms with E-state index in [1.165, 1.54) is 60.8 Å². The Balaban J connectivity index is 0.000000216. The van der Waals surface area contributed by atoms with E-state index in [2.05, 4.69) is 42.4 Å². The molecule has 0 saturated carbocycles. The number of aryl methyl sites for hydroxylation is 2. The third-order valence-corrected chi connectivity index (χ3v) is 9.49. The number of aromatic hydroxyl groups is 2. The number of ether oxygens (including phenoxy) is 1. The van der Waals surface area contributed by atoms with Crippen LogP contribution < -0.4 is 10.5 Å². The van der Waals surface area contributed by atoms with Crippen LogP contribution >= 0.6 is 0 Å². The van der Waals surface area contributed by atoms with Crippen molar-refractivity contribution in [3.8, 4) is 61.8 Å². The van der Waals surface area contributed by atoms with Crippen LogP contribution in [0.4, 0.5) is 8.78 Å². The van der Waals surface area contributed by atoms with Crippen molar-refractivity contribution in [3.63, 3.8) is 0 Å². The monoisotopic (exact) mass is 757 g/mol. The molecule has 6 rings (SSSR count). The Kier molecular flexibility index (Phi) is 13.4. The largest absolute Gasteiger partial charge is 0.508 e. The molecule has 6 aromatic rings. The predicted octanol–water partition coefficient (Wildman–Crippen LogP) is 10.9.